The van der Waals surface area contributed by atoms with Gasteiger partial charge in [-0.2, -0.15) is 0 Å². The van der Waals surface area contributed by atoms with Crippen molar-refractivity contribution in [3.63, 3.8) is 0 Å². The van der Waals surface area contributed by atoms with Gasteiger partial charge in [0, 0.05) is 23.9 Å². The van der Waals surface area contributed by atoms with E-state index in [1.807, 2.05) is 13.8 Å². The van der Waals surface area contributed by atoms with E-state index < -0.39 is 17.1 Å². The van der Waals surface area contributed by atoms with E-state index in [9.17, 15) is 15.0 Å². The summed E-state index contributed by atoms with van der Waals surface area (Å²) in [5.41, 5.74) is -1.89. The van der Waals surface area contributed by atoms with Crippen LogP contribution < -0.4 is 0 Å². The van der Waals surface area contributed by atoms with Crippen LogP contribution in [0.5, 0.6) is 0 Å². The zero-order valence-corrected chi connectivity index (χ0v) is 11.5. The average molecular weight is 261 g/mol. The molecule has 4 nitrogen and oxygen atoms in total. The first kappa shape index (κ1) is 12.8. The zero-order chi connectivity index (χ0) is 14.1. The number of fused-ring (bicyclic) bond motifs is 2. The highest BCUT2D eigenvalue weighted by Crippen LogP contribution is 2.58. The summed E-state index contributed by atoms with van der Waals surface area (Å²) in [6, 6.07) is 1.68. The van der Waals surface area contributed by atoms with Crippen LogP contribution in [0.3, 0.4) is 0 Å². The Bertz CT molecular complexity index is 564. The summed E-state index contributed by atoms with van der Waals surface area (Å²) < 4.78 is 0. The van der Waals surface area contributed by atoms with Crippen molar-refractivity contribution >= 4 is 5.78 Å². The van der Waals surface area contributed by atoms with Gasteiger partial charge >= 0.3 is 0 Å². The lowest BCUT2D eigenvalue weighted by atomic mass is 9.65. The van der Waals surface area contributed by atoms with Crippen LogP contribution >= 0.6 is 0 Å². The number of Topliss-reactive ketones (excluding diaryl/α,β-unsaturated/α-hetero) is 1. The number of nitrogens with zero attached hydrogens (tertiary/aromatic N) is 1. The van der Waals surface area contributed by atoms with Crippen molar-refractivity contribution in [3.05, 3.63) is 29.6 Å². The van der Waals surface area contributed by atoms with Gasteiger partial charge in [0.25, 0.3) is 0 Å². The number of hydrogen-bond donors (Lipinski definition) is 2. The smallest absolute Gasteiger partial charge is 0.196 e. The third kappa shape index (κ3) is 1.53. The van der Waals surface area contributed by atoms with Crippen LogP contribution in [0.1, 0.15) is 49.5 Å². The highest BCUT2D eigenvalue weighted by molar-refractivity contribution is 6.05. The number of ketones is 1. The lowest BCUT2D eigenvalue weighted by Gasteiger charge is -2.44. The van der Waals surface area contributed by atoms with Gasteiger partial charge < -0.3 is 10.2 Å². The molecule has 102 valence electrons. The maximum absolute atomic E-state index is 12.6. The Balaban J connectivity index is 2.24. The molecule has 1 aromatic rings. The van der Waals surface area contributed by atoms with Gasteiger partial charge in [0.1, 0.15) is 5.60 Å². The topological polar surface area (TPSA) is 70.4 Å². The fourth-order valence-electron chi connectivity index (χ4n) is 3.99. The summed E-state index contributed by atoms with van der Waals surface area (Å²) in [4.78, 5) is 16.5. The lowest BCUT2D eigenvalue weighted by Crippen LogP contribution is -2.55. The molecule has 1 saturated carbocycles. The highest BCUT2D eigenvalue weighted by Gasteiger charge is 2.63. The Morgan fingerprint density at radius 3 is 2.68 bits per heavy atom. The van der Waals surface area contributed by atoms with E-state index in [2.05, 4.69) is 4.98 Å². The molecule has 4 heteroatoms. The maximum Gasteiger partial charge on any atom is 0.196 e. The summed E-state index contributed by atoms with van der Waals surface area (Å²) in [6.45, 7) is 5.74. The number of carbonyl (C=O) groups is 1. The summed E-state index contributed by atoms with van der Waals surface area (Å²) in [6.07, 6.45) is 4.04. The fraction of sp³-hybridized carbons (Fsp3) is 0.600. The minimum absolute atomic E-state index is 0.158. The Labute approximate surface area is 112 Å². The van der Waals surface area contributed by atoms with Crippen molar-refractivity contribution < 1.29 is 15.0 Å². The number of carbonyl (C=O) groups excluding carboxylic acids is 1. The molecular formula is C15H19NO3. The van der Waals surface area contributed by atoms with Gasteiger partial charge in [-0.3, -0.25) is 9.78 Å². The normalized spacial score (nSPS) is 39.8. The zero-order valence-electron chi connectivity index (χ0n) is 11.5. The van der Waals surface area contributed by atoms with Gasteiger partial charge in [-0.25, -0.2) is 0 Å². The highest BCUT2D eigenvalue weighted by atomic mass is 16.3. The number of pyridine rings is 1. The van der Waals surface area contributed by atoms with Crippen molar-refractivity contribution in [3.8, 4) is 0 Å². The molecule has 19 heavy (non-hydrogen) atoms. The van der Waals surface area contributed by atoms with Gasteiger partial charge in [0.15, 0.2) is 5.78 Å². The van der Waals surface area contributed by atoms with Crippen LogP contribution in [0.25, 0.3) is 0 Å². The van der Waals surface area contributed by atoms with Crippen molar-refractivity contribution in [1.82, 2.24) is 4.98 Å². The second-order valence-electron chi connectivity index (χ2n) is 6.92. The Morgan fingerprint density at radius 1 is 1.32 bits per heavy atom. The van der Waals surface area contributed by atoms with Gasteiger partial charge in [-0.05, 0) is 36.8 Å². The molecule has 0 aromatic carbocycles. The molecule has 0 saturated heterocycles. The summed E-state index contributed by atoms with van der Waals surface area (Å²) in [5, 5.41) is 21.7. The van der Waals surface area contributed by atoms with Crippen LogP contribution in [0.2, 0.25) is 0 Å². The molecule has 1 aromatic heterocycles. The van der Waals surface area contributed by atoms with Crippen molar-refractivity contribution in [2.24, 2.45) is 11.3 Å². The molecule has 2 aliphatic carbocycles. The predicted molar refractivity (Wildman–Crippen MR) is 69.6 cm³/mol. The first-order chi connectivity index (χ1) is 8.68. The summed E-state index contributed by atoms with van der Waals surface area (Å²) >= 11 is 0. The third-order valence-corrected chi connectivity index (χ3v) is 4.76. The van der Waals surface area contributed by atoms with E-state index in [4.69, 9.17) is 0 Å². The van der Waals surface area contributed by atoms with E-state index in [1.54, 1.807) is 19.2 Å². The molecule has 3 atom stereocenters. The van der Waals surface area contributed by atoms with Gasteiger partial charge in [-0.1, -0.05) is 13.8 Å². The SMILES string of the molecule is CC1(C)C[C@@H]2[C@](O)(C1)C(=O)c1cnccc1[C@@]2(C)O. The van der Waals surface area contributed by atoms with E-state index in [-0.39, 0.29) is 11.2 Å². The molecule has 0 bridgehead atoms. The number of rotatable bonds is 0. The van der Waals surface area contributed by atoms with Crippen LogP contribution in [0.4, 0.5) is 0 Å². The minimum Gasteiger partial charge on any atom is -0.385 e. The lowest BCUT2D eigenvalue weighted by molar-refractivity contribution is -0.0941. The summed E-state index contributed by atoms with van der Waals surface area (Å²) in [7, 11) is 0. The maximum atomic E-state index is 12.6. The first-order valence-corrected chi connectivity index (χ1v) is 6.62. The second-order valence-corrected chi connectivity index (χ2v) is 6.92. The quantitative estimate of drug-likeness (QED) is 0.745. The van der Waals surface area contributed by atoms with Gasteiger partial charge in [0.05, 0.1) is 5.60 Å². The van der Waals surface area contributed by atoms with Crippen LogP contribution in [0, 0.1) is 11.3 Å². The van der Waals surface area contributed by atoms with E-state index in [0.717, 1.165) is 0 Å². The number of aromatic nitrogens is 1. The van der Waals surface area contributed by atoms with E-state index >= 15 is 0 Å². The molecule has 2 aliphatic rings. The van der Waals surface area contributed by atoms with Crippen molar-refractivity contribution in [1.29, 1.82) is 0 Å². The molecule has 0 radical (unpaired) electrons. The second kappa shape index (κ2) is 3.44. The van der Waals surface area contributed by atoms with Crippen LogP contribution in [0.15, 0.2) is 18.5 Å². The van der Waals surface area contributed by atoms with Crippen LogP contribution in [-0.2, 0) is 5.60 Å². The number of hydrogen-bond acceptors (Lipinski definition) is 4. The molecule has 2 N–H and O–H groups in total. The number of aliphatic hydroxyl groups is 2. The third-order valence-electron chi connectivity index (χ3n) is 4.76. The average Bonchev–Trinajstić information content (AvgIpc) is 2.59. The molecular weight excluding hydrogens is 242 g/mol. The van der Waals surface area contributed by atoms with Crippen molar-refractivity contribution in [2.75, 3.05) is 0 Å². The molecule has 0 aliphatic heterocycles. The Morgan fingerprint density at radius 2 is 2.00 bits per heavy atom. The molecule has 0 amide bonds. The van der Waals surface area contributed by atoms with Crippen molar-refractivity contribution in [2.45, 2.75) is 44.8 Å². The van der Waals surface area contributed by atoms with E-state index in [1.165, 1.54) is 6.20 Å². The molecule has 0 spiro atoms. The molecule has 0 unspecified atom stereocenters. The van der Waals surface area contributed by atoms with Gasteiger partial charge in [0.2, 0.25) is 0 Å². The molecule has 1 fully saturated rings. The summed E-state index contributed by atoms with van der Waals surface area (Å²) in [5.74, 6) is -0.755. The Hall–Kier alpha value is -1.26. The van der Waals surface area contributed by atoms with Crippen LogP contribution in [-0.4, -0.2) is 26.6 Å². The minimum atomic E-state index is -1.47. The molecule has 1 heterocycles. The first-order valence-electron chi connectivity index (χ1n) is 6.62. The largest absolute Gasteiger partial charge is 0.385 e. The monoisotopic (exact) mass is 261 g/mol. The van der Waals surface area contributed by atoms with E-state index in [0.29, 0.717) is 24.0 Å². The Kier molecular flexibility index (Phi) is 2.31. The fourth-order valence-corrected chi connectivity index (χ4v) is 3.99. The van der Waals surface area contributed by atoms with Gasteiger partial charge in [-0.15, -0.1) is 0 Å². The standard InChI is InChI=1S/C15H19NO3/c1-13(2)6-11-14(3,18)10-4-5-16-7-9(10)12(17)15(11,19)8-13/h4-5,7,11,18-19H,6,8H2,1-3H3/t11-,14+,15+/m0/s1. The molecule has 3 rings (SSSR count). The predicted octanol–water partition coefficient (Wildman–Crippen LogP) is 1.65.